The molecule has 1 N–H and O–H groups in total. The van der Waals surface area contributed by atoms with Crippen molar-refractivity contribution in [3.63, 3.8) is 0 Å². The normalized spacial score (nSPS) is 11.0. The smallest absolute Gasteiger partial charge is 0.416 e. The highest BCUT2D eigenvalue weighted by atomic mass is 19.4. The molecule has 0 bridgehead atoms. The van der Waals surface area contributed by atoms with Crippen LogP contribution in [0.1, 0.15) is 11.1 Å². The van der Waals surface area contributed by atoms with Crippen molar-refractivity contribution in [1.82, 2.24) is 0 Å². The predicted octanol–water partition coefficient (Wildman–Crippen LogP) is 3.94. The number of nitro groups is 1. The molecule has 2 aromatic rings. The monoisotopic (exact) mass is 354 g/mol. The van der Waals surface area contributed by atoms with Gasteiger partial charge in [-0.1, -0.05) is 6.07 Å². The first-order valence-electron chi connectivity index (χ1n) is 7.02. The summed E-state index contributed by atoms with van der Waals surface area (Å²) in [6, 6.07) is 8.19. The molecule has 0 unspecified atom stereocenters. The average Bonchev–Trinajstić information content (AvgIpc) is 2.52. The molecule has 25 heavy (non-hydrogen) atoms. The number of aryl methyl sites for hydroxylation is 1. The maximum atomic E-state index is 12.6. The number of rotatable bonds is 5. The molecule has 0 aromatic heterocycles. The lowest BCUT2D eigenvalue weighted by molar-refractivity contribution is -0.385. The van der Waals surface area contributed by atoms with E-state index in [1.54, 1.807) is 0 Å². The van der Waals surface area contributed by atoms with Crippen LogP contribution in [0.4, 0.5) is 24.5 Å². The topological polar surface area (TPSA) is 81.5 Å². The SMILES string of the molecule is Cc1cc(OCC(=O)Nc2cccc(C(F)(F)F)c2)ccc1[N+](=O)[O-]. The summed E-state index contributed by atoms with van der Waals surface area (Å²) in [5.74, 6) is -0.419. The number of anilines is 1. The Hall–Kier alpha value is -3.10. The van der Waals surface area contributed by atoms with Gasteiger partial charge in [-0.25, -0.2) is 0 Å². The molecule has 0 saturated heterocycles. The number of amides is 1. The molecule has 0 atom stereocenters. The Balaban J connectivity index is 1.97. The van der Waals surface area contributed by atoms with Gasteiger partial charge in [0.2, 0.25) is 0 Å². The highest BCUT2D eigenvalue weighted by molar-refractivity contribution is 5.91. The van der Waals surface area contributed by atoms with Crippen LogP contribution < -0.4 is 10.1 Å². The Morgan fingerprint density at radius 1 is 1.24 bits per heavy atom. The Morgan fingerprint density at radius 2 is 1.96 bits per heavy atom. The zero-order valence-electron chi connectivity index (χ0n) is 13.0. The number of carbonyl (C=O) groups excluding carboxylic acids is 1. The van der Waals surface area contributed by atoms with E-state index in [9.17, 15) is 28.1 Å². The summed E-state index contributed by atoms with van der Waals surface area (Å²) < 4.78 is 43.0. The van der Waals surface area contributed by atoms with Crippen LogP contribution in [0.2, 0.25) is 0 Å². The van der Waals surface area contributed by atoms with Gasteiger partial charge in [0, 0.05) is 17.3 Å². The van der Waals surface area contributed by atoms with Crippen molar-refractivity contribution in [3.8, 4) is 5.75 Å². The summed E-state index contributed by atoms with van der Waals surface area (Å²) in [4.78, 5) is 22.0. The number of ether oxygens (including phenoxy) is 1. The molecular weight excluding hydrogens is 341 g/mol. The highest BCUT2D eigenvalue weighted by Crippen LogP contribution is 2.30. The van der Waals surface area contributed by atoms with Gasteiger partial charge in [0.15, 0.2) is 6.61 Å². The van der Waals surface area contributed by atoms with Crippen LogP contribution in [0.3, 0.4) is 0 Å². The van der Waals surface area contributed by atoms with Gasteiger partial charge in [0.25, 0.3) is 11.6 Å². The predicted molar refractivity (Wildman–Crippen MR) is 83.4 cm³/mol. The lowest BCUT2D eigenvalue weighted by atomic mass is 10.2. The fourth-order valence-corrected chi connectivity index (χ4v) is 2.04. The molecule has 2 rings (SSSR count). The molecule has 2 aromatic carbocycles. The molecule has 0 fully saturated rings. The maximum absolute atomic E-state index is 12.6. The van der Waals surface area contributed by atoms with Gasteiger partial charge in [-0.2, -0.15) is 13.2 Å². The number of nitrogens with zero attached hydrogens (tertiary/aromatic N) is 1. The van der Waals surface area contributed by atoms with Crippen molar-refractivity contribution in [2.45, 2.75) is 13.1 Å². The van der Waals surface area contributed by atoms with E-state index in [1.807, 2.05) is 0 Å². The molecule has 0 aliphatic rings. The number of nitrogens with one attached hydrogen (secondary N) is 1. The summed E-state index contributed by atoms with van der Waals surface area (Å²) in [6.45, 7) is 1.07. The molecule has 6 nitrogen and oxygen atoms in total. The molecule has 0 heterocycles. The number of alkyl halides is 3. The molecule has 0 radical (unpaired) electrons. The first kappa shape index (κ1) is 18.2. The summed E-state index contributed by atoms with van der Waals surface area (Å²) in [5.41, 5.74) is -0.609. The van der Waals surface area contributed by atoms with Gasteiger partial charge in [-0.05, 0) is 37.3 Å². The van der Waals surface area contributed by atoms with Crippen molar-refractivity contribution in [2.75, 3.05) is 11.9 Å². The molecule has 132 valence electrons. The zero-order chi connectivity index (χ0) is 18.6. The van der Waals surface area contributed by atoms with Crippen LogP contribution >= 0.6 is 0 Å². The van der Waals surface area contributed by atoms with Crippen LogP contribution in [0.15, 0.2) is 42.5 Å². The van der Waals surface area contributed by atoms with Crippen LogP contribution in [0.25, 0.3) is 0 Å². The molecule has 9 heteroatoms. The third-order valence-electron chi connectivity index (χ3n) is 3.21. The minimum absolute atomic E-state index is 0.0108. The first-order chi connectivity index (χ1) is 11.7. The lowest BCUT2D eigenvalue weighted by Crippen LogP contribution is -2.20. The van der Waals surface area contributed by atoms with E-state index in [1.165, 1.54) is 37.3 Å². The van der Waals surface area contributed by atoms with Crippen LogP contribution in [0, 0.1) is 17.0 Å². The number of nitro benzene ring substituents is 1. The van der Waals surface area contributed by atoms with Crippen LogP contribution in [-0.2, 0) is 11.0 Å². The molecular formula is C16H13F3N2O4. The fourth-order valence-electron chi connectivity index (χ4n) is 2.04. The van der Waals surface area contributed by atoms with Gasteiger partial charge in [-0.15, -0.1) is 0 Å². The molecule has 0 aliphatic heterocycles. The Bertz CT molecular complexity index is 806. The van der Waals surface area contributed by atoms with E-state index < -0.39 is 29.2 Å². The summed E-state index contributed by atoms with van der Waals surface area (Å²) in [6.07, 6.45) is -4.51. The van der Waals surface area contributed by atoms with Crippen molar-refractivity contribution in [1.29, 1.82) is 0 Å². The van der Waals surface area contributed by atoms with Crippen molar-refractivity contribution in [2.24, 2.45) is 0 Å². The van der Waals surface area contributed by atoms with Gasteiger partial charge >= 0.3 is 6.18 Å². The number of carbonyl (C=O) groups is 1. The van der Waals surface area contributed by atoms with Gasteiger partial charge in [0.1, 0.15) is 5.75 Å². The minimum Gasteiger partial charge on any atom is -0.484 e. The second kappa shape index (κ2) is 7.20. The van der Waals surface area contributed by atoms with E-state index >= 15 is 0 Å². The number of hydrogen-bond acceptors (Lipinski definition) is 4. The Labute approximate surface area is 140 Å². The van der Waals surface area contributed by atoms with E-state index in [4.69, 9.17) is 4.74 Å². The summed E-state index contributed by atoms with van der Waals surface area (Å²) in [7, 11) is 0. The zero-order valence-corrected chi connectivity index (χ0v) is 13.0. The average molecular weight is 354 g/mol. The molecule has 0 spiro atoms. The van der Waals surface area contributed by atoms with Gasteiger partial charge < -0.3 is 10.1 Å². The van der Waals surface area contributed by atoms with Crippen LogP contribution in [-0.4, -0.2) is 17.4 Å². The number of hydrogen-bond donors (Lipinski definition) is 1. The quantitative estimate of drug-likeness (QED) is 0.651. The molecule has 0 saturated carbocycles. The highest BCUT2D eigenvalue weighted by Gasteiger charge is 2.30. The second-order valence-corrected chi connectivity index (χ2v) is 5.12. The van der Waals surface area contributed by atoms with E-state index in [-0.39, 0.29) is 17.1 Å². The van der Waals surface area contributed by atoms with Crippen molar-refractivity contribution < 1.29 is 27.6 Å². The largest absolute Gasteiger partial charge is 0.484 e. The van der Waals surface area contributed by atoms with Crippen molar-refractivity contribution in [3.05, 3.63) is 63.7 Å². The standard InChI is InChI=1S/C16H13F3N2O4/c1-10-7-13(5-6-14(10)21(23)24)25-9-15(22)20-12-4-2-3-11(8-12)16(17,18)19/h2-8H,9H2,1H3,(H,20,22). The lowest BCUT2D eigenvalue weighted by Gasteiger charge is -2.10. The third kappa shape index (κ3) is 4.93. The first-order valence-corrected chi connectivity index (χ1v) is 7.02. The van der Waals surface area contributed by atoms with E-state index in [0.29, 0.717) is 5.56 Å². The Kier molecular flexibility index (Phi) is 5.26. The van der Waals surface area contributed by atoms with E-state index in [2.05, 4.69) is 5.32 Å². The number of halogens is 3. The number of benzene rings is 2. The maximum Gasteiger partial charge on any atom is 0.416 e. The van der Waals surface area contributed by atoms with Crippen LogP contribution in [0.5, 0.6) is 5.75 Å². The minimum atomic E-state index is -4.51. The molecule has 0 aliphatic carbocycles. The van der Waals surface area contributed by atoms with Gasteiger partial charge in [-0.3, -0.25) is 14.9 Å². The molecule has 1 amide bonds. The Morgan fingerprint density at radius 3 is 2.56 bits per heavy atom. The van der Waals surface area contributed by atoms with E-state index in [0.717, 1.165) is 12.1 Å². The van der Waals surface area contributed by atoms with Crippen molar-refractivity contribution >= 4 is 17.3 Å². The third-order valence-corrected chi connectivity index (χ3v) is 3.21. The van der Waals surface area contributed by atoms with Gasteiger partial charge in [0.05, 0.1) is 10.5 Å². The summed E-state index contributed by atoms with van der Waals surface area (Å²) >= 11 is 0. The fraction of sp³-hybridized carbons (Fsp3) is 0.188. The second-order valence-electron chi connectivity index (χ2n) is 5.12. The summed E-state index contributed by atoms with van der Waals surface area (Å²) in [5, 5.41) is 13.0.